The fourth-order valence-electron chi connectivity index (χ4n) is 2.61. The summed E-state index contributed by atoms with van der Waals surface area (Å²) in [6.07, 6.45) is 7.07. The van der Waals surface area contributed by atoms with Crippen LogP contribution in [0.25, 0.3) is 0 Å². The summed E-state index contributed by atoms with van der Waals surface area (Å²) >= 11 is 0. The van der Waals surface area contributed by atoms with Crippen LogP contribution in [0.2, 0.25) is 0 Å². The molecule has 1 heterocycles. The maximum absolute atomic E-state index is 5.58. The molecule has 0 aromatic carbocycles. The van der Waals surface area contributed by atoms with Crippen molar-refractivity contribution in [2.45, 2.75) is 57.8 Å². The maximum atomic E-state index is 5.58. The van der Waals surface area contributed by atoms with Crippen LogP contribution in [0.15, 0.2) is 6.20 Å². The van der Waals surface area contributed by atoms with E-state index in [1.54, 1.807) is 0 Å². The Labute approximate surface area is 116 Å². The van der Waals surface area contributed by atoms with Crippen molar-refractivity contribution in [1.82, 2.24) is 9.97 Å². The molecular formula is C15H26N4. The molecule has 3 N–H and O–H groups in total. The summed E-state index contributed by atoms with van der Waals surface area (Å²) in [6, 6.07) is 0. The molecule has 0 amide bonds. The van der Waals surface area contributed by atoms with Gasteiger partial charge in [-0.15, -0.1) is 0 Å². The zero-order valence-electron chi connectivity index (χ0n) is 12.4. The van der Waals surface area contributed by atoms with E-state index >= 15 is 0 Å². The standard InChI is InChI=1S/C15H26N4/c1-15(2,3)14-18-10-12(17-9-8-16)13(19-14)11-6-4-5-7-11/h10-11,17H,4-9,16H2,1-3H3. The monoisotopic (exact) mass is 262 g/mol. The highest BCUT2D eigenvalue weighted by molar-refractivity contribution is 5.48. The maximum Gasteiger partial charge on any atom is 0.134 e. The summed E-state index contributed by atoms with van der Waals surface area (Å²) in [5.41, 5.74) is 7.85. The molecule has 4 nitrogen and oxygen atoms in total. The van der Waals surface area contributed by atoms with Gasteiger partial charge in [-0.05, 0) is 12.8 Å². The smallest absolute Gasteiger partial charge is 0.134 e. The fourth-order valence-corrected chi connectivity index (χ4v) is 2.61. The number of nitrogens with one attached hydrogen (secondary N) is 1. The van der Waals surface area contributed by atoms with E-state index in [1.165, 1.54) is 31.4 Å². The number of nitrogens with zero attached hydrogens (tertiary/aromatic N) is 2. The zero-order valence-corrected chi connectivity index (χ0v) is 12.4. The van der Waals surface area contributed by atoms with Crippen LogP contribution in [0, 0.1) is 0 Å². The lowest BCUT2D eigenvalue weighted by atomic mass is 9.94. The Morgan fingerprint density at radius 2 is 2.00 bits per heavy atom. The van der Waals surface area contributed by atoms with Gasteiger partial charge >= 0.3 is 0 Å². The molecule has 0 aliphatic heterocycles. The molecule has 0 saturated heterocycles. The van der Waals surface area contributed by atoms with Gasteiger partial charge < -0.3 is 11.1 Å². The fraction of sp³-hybridized carbons (Fsp3) is 0.733. The Balaban J connectivity index is 2.32. The molecular weight excluding hydrogens is 236 g/mol. The molecule has 1 fully saturated rings. The lowest BCUT2D eigenvalue weighted by molar-refractivity contribution is 0.535. The Morgan fingerprint density at radius 1 is 1.32 bits per heavy atom. The molecule has 0 spiro atoms. The Bertz CT molecular complexity index is 417. The van der Waals surface area contributed by atoms with E-state index in [9.17, 15) is 0 Å². The van der Waals surface area contributed by atoms with Gasteiger partial charge in [-0.3, -0.25) is 0 Å². The van der Waals surface area contributed by atoms with Crippen LogP contribution in [-0.2, 0) is 5.41 Å². The molecule has 106 valence electrons. The number of hydrogen-bond acceptors (Lipinski definition) is 4. The molecule has 1 aromatic heterocycles. The van der Waals surface area contributed by atoms with Crippen LogP contribution >= 0.6 is 0 Å². The topological polar surface area (TPSA) is 63.8 Å². The van der Waals surface area contributed by atoms with E-state index in [0.29, 0.717) is 12.5 Å². The predicted octanol–water partition coefficient (Wildman–Crippen LogP) is 2.80. The highest BCUT2D eigenvalue weighted by atomic mass is 15.0. The van der Waals surface area contributed by atoms with Gasteiger partial charge in [0.1, 0.15) is 5.82 Å². The zero-order chi connectivity index (χ0) is 13.9. The molecule has 19 heavy (non-hydrogen) atoms. The average Bonchev–Trinajstić information content (AvgIpc) is 2.88. The Morgan fingerprint density at radius 3 is 2.58 bits per heavy atom. The molecule has 2 rings (SSSR count). The van der Waals surface area contributed by atoms with E-state index in [-0.39, 0.29) is 5.41 Å². The van der Waals surface area contributed by atoms with Gasteiger partial charge in [-0.2, -0.15) is 0 Å². The van der Waals surface area contributed by atoms with E-state index in [2.05, 4.69) is 31.1 Å². The first kappa shape index (κ1) is 14.3. The van der Waals surface area contributed by atoms with Crippen LogP contribution in [-0.4, -0.2) is 23.1 Å². The lowest BCUT2D eigenvalue weighted by Gasteiger charge is -2.21. The van der Waals surface area contributed by atoms with Crippen LogP contribution in [0.1, 0.15) is 63.9 Å². The summed E-state index contributed by atoms with van der Waals surface area (Å²) in [7, 11) is 0. The summed E-state index contributed by atoms with van der Waals surface area (Å²) < 4.78 is 0. The largest absolute Gasteiger partial charge is 0.381 e. The second-order valence-electron chi connectivity index (χ2n) is 6.44. The molecule has 1 aliphatic rings. The molecule has 1 saturated carbocycles. The number of anilines is 1. The number of aromatic nitrogens is 2. The van der Waals surface area contributed by atoms with Crippen LogP contribution in [0.3, 0.4) is 0 Å². The van der Waals surface area contributed by atoms with Crippen molar-refractivity contribution in [3.8, 4) is 0 Å². The molecule has 0 unspecified atom stereocenters. The summed E-state index contributed by atoms with van der Waals surface area (Å²) in [5, 5.41) is 3.37. The van der Waals surface area contributed by atoms with Gasteiger partial charge in [-0.25, -0.2) is 9.97 Å². The van der Waals surface area contributed by atoms with Gasteiger partial charge in [0, 0.05) is 24.4 Å². The number of nitrogens with two attached hydrogens (primary N) is 1. The van der Waals surface area contributed by atoms with Gasteiger partial charge in [0.15, 0.2) is 0 Å². The van der Waals surface area contributed by atoms with Crippen LogP contribution < -0.4 is 11.1 Å². The van der Waals surface area contributed by atoms with Crippen molar-refractivity contribution < 1.29 is 0 Å². The van der Waals surface area contributed by atoms with E-state index in [0.717, 1.165) is 18.1 Å². The summed E-state index contributed by atoms with van der Waals surface area (Å²) in [5.74, 6) is 1.53. The third-order valence-electron chi connectivity index (χ3n) is 3.69. The first-order chi connectivity index (χ1) is 9.02. The molecule has 1 aliphatic carbocycles. The summed E-state index contributed by atoms with van der Waals surface area (Å²) in [4.78, 5) is 9.38. The Kier molecular flexibility index (Phi) is 4.40. The average molecular weight is 262 g/mol. The van der Waals surface area contributed by atoms with Crippen molar-refractivity contribution in [2.24, 2.45) is 5.73 Å². The number of rotatable bonds is 4. The number of hydrogen-bond donors (Lipinski definition) is 2. The third-order valence-corrected chi connectivity index (χ3v) is 3.69. The van der Waals surface area contributed by atoms with Crippen molar-refractivity contribution >= 4 is 5.69 Å². The second-order valence-corrected chi connectivity index (χ2v) is 6.44. The minimum atomic E-state index is -0.000246. The highest BCUT2D eigenvalue weighted by Crippen LogP contribution is 2.37. The minimum Gasteiger partial charge on any atom is -0.381 e. The second kappa shape index (κ2) is 5.87. The SMILES string of the molecule is CC(C)(C)c1ncc(NCCN)c(C2CCCC2)n1. The van der Waals surface area contributed by atoms with E-state index in [1.807, 2.05) is 6.20 Å². The predicted molar refractivity (Wildman–Crippen MR) is 79.5 cm³/mol. The quantitative estimate of drug-likeness (QED) is 0.875. The molecule has 0 radical (unpaired) electrons. The lowest BCUT2D eigenvalue weighted by Crippen LogP contribution is -2.20. The first-order valence-electron chi connectivity index (χ1n) is 7.33. The van der Waals surface area contributed by atoms with Crippen molar-refractivity contribution in [3.63, 3.8) is 0 Å². The third kappa shape index (κ3) is 3.44. The van der Waals surface area contributed by atoms with E-state index in [4.69, 9.17) is 10.7 Å². The van der Waals surface area contributed by atoms with Crippen molar-refractivity contribution in [2.75, 3.05) is 18.4 Å². The van der Waals surface area contributed by atoms with Gasteiger partial charge in [0.2, 0.25) is 0 Å². The summed E-state index contributed by atoms with van der Waals surface area (Å²) in [6.45, 7) is 7.89. The van der Waals surface area contributed by atoms with Gasteiger partial charge in [0.25, 0.3) is 0 Å². The normalized spacial score (nSPS) is 16.8. The molecule has 0 atom stereocenters. The minimum absolute atomic E-state index is 0.000246. The van der Waals surface area contributed by atoms with E-state index < -0.39 is 0 Å². The van der Waals surface area contributed by atoms with Crippen molar-refractivity contribution in [1.29, 1.82) is 0 Å². The van der Waals surface area contributed by atoms with Crippen molar-refractivity contribution in [3.05, 3.63) is 17.7 Å². The molecule has 1 aromatic rings. The Hall–Kier alpha value is -1.16. The highest BCUT2D eigenvalue weighted by Gasteiger charge is 2.25. The van der Waals surface area contributed by atoms with Crippen LogP contribution in [0.5, 0.6) is 0 Å². The molecule has 4 heteroatoms. The van der Waals surface area contributed by atoms with Gasteiger partial charge in [-0.1, -0.05) is 33.6 Å². The van der Waals surface area contributed by atoms with Gasteiger partial charge in [0.05, 0.1) is 17.6 Å². The van der Waals surface area contributed by atoms with Crippen LogP contribution in [0.4, 0.5) is 5.69 Å². The first-order valence-corrected chi connectivity index (χ1v) is 7.33. The molecule has 0 bridgehead atoms.